The van der Waals surface area contributed by atoms with Crippen LogP contribution in [0.25, 0.3) is 0 Å². The molecule has 0 aliphatic carbocycles. The molecule has 240 valence electrons. The van der Waals surface area contributed by atoms with E-state index in [0.717, 1.165) is 0 Å². The van der Waals surface area contributed by atoms with Gasteiger partial charge in [0.15, 0.2) is 18.9 Å². The van der Waals surface area contributed by atoms with Crippen LogP contribution in [0.3, 0.4) is 0 Å². The Hall–Kier alpha value is -1.38. The Morgan fingerprint density at radius 2 is 1.27 bits per heavy atom. The molecule has 15 atom stereocenters. The molecule has 0 saturated carbocycles. The third kappa shape index (κ3) is 6.75. The summed E-state index contributed by atoms with van der Waals surface area (Å²) in [6.45, 7) is -3.32. The number of nitrogens with two attached hydrogens (primary N) is 3. The van der Waals surface area contributed by atoms with Gasteiger partial charge in [0, 0.05) is 0 Å². The fourth-order valence-electron chi connectivity index (χ4n) is 4.52. The first-order valence-electron chi connectivity index (χ1n) is 12.1. The monoisotopic (exact) mass is 613 g/mol. The number of carbonyl (C=O) groups excluding carboxylic acids is 1. The second-order valence-corrected chi connectivity index (χ2v) is 9.67. The maximum absolute atomic E-state index is 12.8. The predicted molar refractivity (Wildman–Crippen MR) is 118 cm³/mol. The van der Waals surface area contributed by atoms with E-state index in [4.69, 9.17) is 40.9 Å². The lowest BCUT2D eigenvalue weighted by Crippen LogP contribution is -2.72. The zero-order valence-electron chi connectivity index (χ0n) is 21.0. The number of rotatable bonds is 8. The van der Waals surface area contributed by atoms with Crippen molar-refractivity contribution >= 4 is 5.97 Å². The van der Waals surface area contributed by atoms with Gasteiger partial charge in [-0.25, -0.2) is 4.79 Å². The second kappa shape index (κ2) is 13.1. The molecule has 3 fully saturated rings. The van der Waals surface area contributed by atoms with Crippen LogP contribution in [-0.2, 0) is 33.2 Å². The second-order valence-electron chi connectivity index (χ2n) is 9.67. The first-order chi connectivity index (χ1) is 19.0. The van der Waals surface area contributed by atoms with Crippen molar-refractivity contribution < 1.29 is 87.2 Å². The number of alkyl halides is 3. The van der Waals surface area contributed by atoms with Gasteiger partial charge in [0.2, 0.25) is 0 Å². The molecule has 0 radical (unpaired) electrons. The highest BCUT2D eigenvalue weighted by molar-refractivity contribution is 5.76. The summed E-state index contributed by atoms with van der Waals surface area (Å²) in [7, 11) is 0. The Balaban J connectivity index is 1.80. The zero-order chi connectivity index (χ0) is 31.0. The summed E-state index contributed by atoms with van der Waals surface area (Å²) in [5, 5.41) is 80.7. The van der Waals surface area contributed by atoms with E-state index in [1.807, 2.05) is 0 Å². The number of esters is 1. The highest BCUT2D eigenvalue weighted by Gasteiger charge is 2.60. The van der Waals surface area contributed by atoms with E-state index < -0.39 is 124 Å². The van der Waals surface area contributed by atoms with Crippen molar-refractivity contribution in [2.45, 2.75) is 97.8 Å². The lowest BCUT2D eigenvalue weighted by atomic mass is 9.93. The quantitative estimate of drug-likeness (QED) is 0.113. The van der Waals surface area contributed by atoms with E-state index in [1.54, 1.807) is 0 Å². The van der Waals surface area contributed by atoms with Crippen molar-refractivity contribution in [3.05, 3.63) is 0 Å². The molecular weight excluding hydrogens is 579 g/mol. The molecule has 3 aliphatic heterocycles. The summed E-state index contributed by atoms with van der Waals surface area (Å²) < 4.78 is 69.3. The first-order valence-corrected chi connectivity index (χ1v) is 12.1. The van der Waals surface area contributed by atoms with Crippen molar-refractivity contribution in [1.82, 2.24) is 0 Å². The lowest BCUT2D eigenvalue weighted by Gasteiger charge is -2.50. The number of aliphatic hydroxyl groups excluding tert-OH is 8. The molecule has 3 aliphatic rings. The topological polar surface area (TPSA) is 312 Å². The van der Waals surface area contributed by atoms with Crippen LogP contribution < -0.4 is 17.2 Å². The molecule has 21 heteroatoms. The summed E-state index contributed by atoms with van der Waals surface area (Å²) in [5.74, 6) is -6.12. The molecule has 18 nitrogen and oxygen atoms in total. The number of aliphatic hydroxyl groups is 8. The maximum atomic E-state index is 12.8. The smallest absolute Gasteiger partial charge is 0.421 e. The highest BCUT2D eigenvalue weighted by atomic mass is 19.4. The average molecular weight is 613 g/mol. The molecule has 14 N–H and O–H groups in total. The molecule has 3 saturated heterocycles. The van der Waals surface area contributed by atoms with E-state index in [1.165, 1.54) is 0 Å². The van der Waals surface area contributed by atoms with Crippen LogP contribution >= 0.6 is 0 Å². The summed E-state index contributed by atoms with van der Waals surface area (Å²) in [5.41, 5.74) is 17.4. The third-order valence-corrected chi connectivity index (χ3v) is 6.92. The van der Waals surface area contributed by atoms with Crippen LogP contribution in [0.5, 0.6) is 0 Å². The summed E-state index contributed by atoms with van der Waals surface area (Å²) >= 11 is 0. The molecule has 3 rings (SSSR count). The van der Waals surface area contributed by atoms with E-state index in [-0.39, 0.29) is 0 Å². The fourth-order valence-corrected chi connectivity index (χ4v) is 4.52. The summed E-state index contributed by atoms with van der Waals surface area (Å²) in [4.78, 5) is 11.4. The van der Waals surface area contributed by atoms with Gasteiger partial charge in [-0.15, -0.1) is 0 Å². The molecule has 0 spiro atoms. The van der Waals surface area contributed by atoms with Crippen molar-refractivity contribution in [3.8, 4) is 0 Å². The Morgan fingerprint density at radius 3 is 1.78 bits per heavy atom. The Bertz CT molecular complexity index is 891. The van der Waals surface area contributed by atoms with Gasteiger partial charge in [-0.05, 0) is 0 Å². The van der Waals surface area contributed by atoms with Gasteiger partial charge >= 0.3 is 12.1 Å². The standard InChI is InChI=1S/C20H34F3N3O15/c21-20(22,23)18(35)41-19(3-29)14(33)11(32)8(26)17(40-19)39-13-5(2-28)37-16(7(25)10(13)31)38-12-4(1-27)36-15(34)6(24)9(12)30/h4-17,27-34H,1-3,24-26H2/t4-,5-,6-,7-,8-,9-,10-,11-,12?,13?,14+,15-,16+,17+,19-/m1/s1. The molecule has 0 aromatic heterocycles. The van der Waals surface area contributed by atoms with Gasteiger partial charge in [-0.1, -0.05) is 0 Å². The number of carbonyl (C=O) groups is 1. The van der Waals surface area contributed by atoms with Crippen LogP contribution in [0, 0.1) is 0 Å². The van der Waals surface area contributed by atoms with E-state index in [0.29, 0.717) is 0 Å². The van der Waals surface area contributed by atoms with E-state index >= 15 is 0 Å². The Kier molecular flexibility index (Phi) is 10.9. The van der Waals surface area contributed by atoms with Crippen molar-refractivity contribution in [2.75, 3.05) is 19.8 Å². The number of ether oxygens (including phenoxy) is 6. The first kappa shape index (κ1) is 34.1. The van der Waals surface area contributed by atoms with Crippen LogP contribution in [0.1, 0.15) is 0 Å². The fraction of sp³-hybridized carbons (Fsp3) is 0.950. The van der Waals surface area contributed by atoms with Gasteiger partial charge in [-0.3, -0.25) is 0 Å². The summed E-state index contributed by atoms with van der Waals surface area (Å²) in [6.07, 6.45) is -25.4. The summed E-state index contributed by atoms with van der Waals surface area (Å²) in [6, 6.07) is -4.76. The zero-order valence-corrected chi connectivity index (χ0v) is 21.0. The largest absolute Gasteiger partial charge is 0.491 e. The van der Waals surface area contributed by atoms with Crippen LogP contribution in [0.2, 0.25) is 0 Å². The SMILES string of the molecule is N[C@H]1[C@@H](OC2[C@@H](CO)O[C@@H](OC3[C@@H](CO)O[C@@H](O)[C@H](N)[C@H]3O)[C@H](N)[C@H]2O)O[C@](CO)(OC(=O)C(F)(F)F)[C@@H](O)[C@@H]1O. The van der Waals surface area contributed by atoms with Crippen molar-refractivity contribution in [2.24, 2.45) is 17.2 Å². The van der Waals surface area contributed by atoms with Crippen LogP contribution in [0.4, 0.5) is 13.2 Å². The predicted octanol–water partition coefficient (Wildman–Crippen LogP) is -7.24. The lowest BCUT2D eigenvalue weighted by molar-refractivity contribution is -0.402. The van der Waals surface area contributed by atoms with Crippen molar-refractivity contribution in [1.29, 1.82) is 0 Å². The molecule has 3 heterocycles. The molecular formula is C20H34F3N3O15. The van der Waals surface area contributed by atoms with Gasteiger partial charge in [0.1, 0.15) is 55.4 Å². The highest BCUT2D eigenvalue weighted by Crippen LogP contribution is 2.36. The third-order valence-electron chi connectivity index (χ3n) is 6.92. The number of hydrogen-bond donors (Lipinski definition) is 11. The Labute approximate surface area is 228 Å². The van der Waals surface area contributed by atoms with E-state index in [2.05, 4.69) is 4.74 Å². The normalized spacial score (nSPS) is 47.7. The van der Waals surface area contributed by atoms with E-state index in [9.17, 15) is 58.8 Å². The maximum Gasteiger partial charge on any atom is 0.491 e. The minimum atomic E-state index is -5.60. The van der Waals surface area contributed by atoms with Gasteiger partial charge in [0.05, 0.1) is 31.3 Å². The molecule has 2 unspecified atom stereocenters. The molecule has 41 heavy (non-hydrogen) atoms. The van der Waals surface area contributed by atoms with Gasteiger partial charge in [-0.2, -0.15) is 13.2 Å². The van der Waals surface area contributed by atoms with Crippen LogP contribution in [0.15, 0.2) is 0 Å². The number of halogens is 3. The Morgan fingerprint density at radius 1 is 0.780 bits per heavy atom. The minimum absolute atomic E-state index is 0.762. The van der Waals surface area contributed by atoms with Crippen LogP contribution in [-0.4, -0.2) is 164 Å². The van der Waals surface area contributed by atoms with Gasteiger partial charge < -0.3 is 86.5 Å². The molecule has 0 aromatic carbocycles. The molecule has 0 amide bonds. The van der Waals surface area contributed by atoms with Gasteiger partial charge in [0.25, 0.3) is 5.79 Å². The minimum Gasteiger partial charge on any atom is -0.421 e. The average Bonchev–Trinajstić information content (AvgIpc) is 2.93. The number of hydrogen-bond acceptors (Lipinski definition) is 18. The molecule has 0 aromatic rings. The van der Waals surface area contributed by atoms with Crippen molar-refractivity contribution in [3.63, 3.8) is 0 Å². The molecule has 0 bridgehead atoms.